The standard InChI is InChI=1S/C15H19NO6/c1-15(2,3)22-14(20)16-12(13(18)19)9-21-11-6-4-5-10(7-11)8-17/h4-8,12H,9H2,1-3H3,(H,16,20)(H,18,19)/t12-/m0/s1. The molecule has 0 saturated carbocycles. The summed E-state index contributed by atoms with van der Waals surface area (Å²) in [6, 6.07) is 4.98. The molecule has 0 saturated heterocycles. The van der Waals surface area contributed by atoms with Crippen LogP contribution >= 0.6 is 0 Å². The molecule has 22 heavy (non-hydrogen) atoms. The smallest absolute Gasteiger partial charge is 0.408 e. The summed E-state index contributed by atoms with van der Waals surface area (Å²) in [5.41, 5.74) is -0.323. The van der Waals surface area contributed by atoms with Crippen molar-refractivity contribution in [1.29, 1.82) is 0 Å². The molecule has 0 radical (unpaired) electrons. The zero-order valence-corrected chi connectivity index (χ0v) is 12.7. The minimum absolute atomic E-state index is 0.295. The number of rotatable bonds is 6. The molecule has 0 aromatic heterocycles. The van der Waals surface area contributed by atoms with Gasteiger partial charge in [-0.15, -0.1) is 0 Å². The molecule has 1 amide bonds. The van der Waals surface area contributed by atoms with E-state index in [9.17, 15) is 14.4 Å². The molecule has 1 aromatic carbocycles. The summed E-state index contributed by atoms with van der Waals surface area (Å²) < 4.78 is 10.3. The van der Waals surface area contributed by atoms with E-state index < -0.39 is 23.7 Å². The maximum absolute atomic E-state index is 11.6. The van der Waals surface area contributed by atoms with Crippen molar-refractivity contribution < 1.29 is 29.0 Å². The molecule has 120 valence electrons. The fraction of sp³-hybridized carbons (Fsp3) is 0.400. The van der Waals surface area contributed by atoms with Gasteiger partial charge in [-0.25, -0.2) is 9.59 Å². The second-order valence-corrected chi connectivity index (χ2v) is 5.54. The maximum atomic E-state index is 11.6. The van der Waals surface area contributed by atoms with Crippen LogP contribution in [-0.4, -0.2) is 41.7 Å². The molecular formula is C15H19NO6. The summed E-state index contributed by atoms with van der Waals surface area (Å²) in [5, 5.41) is 11.3. The first-order chi connectivity index (χ1) is 10.2. The van der Waals surface area contributed by atoms with Gasteiger partial charge in [-0.1, -0.05) is 12.1 Å². The number of aliphatic carboxylic acids is 1. The third-order valence-corrected chi connectivity index (χ3v) is 2.40. The third-order valence-electron chi connectivity index (χ3n) is 2.40. The summed E-state index contributed by atoms with van der Waals surface area (Å²) in [5.74, 6) is -0.917. The van der Waals surface area contributed by atoms with Crippen LogP contribution in [0.15, 0.2) is 24.3 Å². The molecule has 0 fully saturated rings. The molecule has 1 rings (SSSR count). The number of carbonyl (C=O) groups is 3. The minimum atomic E-state index is -1.27. The van der Waals surface area contributed by atoms with Crippen LogP contribution in [-0.2, 0) is 9.53 Å². The topological polar surface area (TPSA) is 102 Å². The Morgan fingerprint density at radius 2 is 2.05 bits per heavy atom. The number of benzene rings is 1. The number of aldehydes is 1. The number of alkyl carbamates (subject to hydrolysis) is 1. The zero-order valence-electron chi connectivity index (χ0n) is 12.7. The molecule has 0 aliphatic carbocycles. The lowest BCUT2D eigenvalue weighted by Gasteiger charge is -2.22. The minimum Gasteiger partial charge on any atom is -0.491 e. The first-order valence-electron chi connectivity index (χ1n) is 6.61. The van der Waals surface area contributed by atoms with Crippen LogP contribution in [0.5, 0.6) is 5.75 Å². The van der Waals surface area contributed by atoms with Crippen molar-refractivity contribution in [2.75, 3.05) is 6.61 Å². The predicted octanol–water partition coefficient (Wildman–Crippen LogP) is 1.86. The molecule has 0 spiro atoms. The van der Waals surface area contributed by atoms with E-state index in [1.54, 1.807) is 39.0 Å². The lowest BCUT2D eigenvalue weighted by atomic mass is 10.2. The Labute approximate surface area is 128 Å². The van der Waals surface area contributed by atoms with E-state index in [0.717, 1.165) is 0 Å². The van der Waals surface area contributed by atoms with Crippen LogP contribution in [0.4, 0.5) is 4.79 Å². The van der Waals surface area contributed by atoms with Gasteiger partial charge in [-0.2, -0.15) is 0 Å². The van der Waals surface area contributed by atoms with Crippen LogP contribution < -0.4 is 10.1 Å². The molecule has 2 N–H and O–H groups in total. The Kier molecular flexibility index (Phi) is 5.91. The van der Waals surface area contributed by atoms with Crippen molar-refractivity contribution in [3.8, 4) is 5.75 Å². The highest BCUT2D eigenvalue weighted by atomic mass is 16.6. The highest BCUT2D eigenvalue weighted by Crippen LogP contribution is 2.12. The van der Waals surface area contributed by atoms with Gasteiger partial charge in [-0.05, 0) is 32.9 Å². The molecule has 7 nitrogen and oxygen atoms in total. The Morgan fingerprint density at radius 3 is 2.59 bits per heavy atom. The van der Waals surface area contributed by atoms with Crippen molar-refractivity contribution in [3.05, 3.63) is 29.8 Å². The Hall–Kier alpha value is -2.57. The number of ether oxygens (including phenoxy) is 2. The van der Waals surface area contributed by atoms with Gasteiger partial charge in [0.15, 0.2) is 6.04 Å². The van der Waals surface area contributed by atoms with Gasteiger partial charge in [0, 0.05) is 5.56 Å². The van der Waals surface area contributed by atoms with E-state index in [1.807, 2.05) is 0 Å². The zero-order chi connectivity index (χ0) is 16.8. The van der Waals surface area contributed by atoms with Crippen LogP contribution in [0.1, 0.15) is 31.1 Å². The van der Waals surface area contributed by atoms with Crippen molar-refractivity contribution in [2.24, 2.45) is 0 Å². The summed E-state index contributed by atoms with van der Waals surface area (Å²) in [7, 11) is 0. The molecular weight excluding hydrogens is 290 g/mol. The number of amides is 1. The number of nitrogens with one attached hydrogen (secondary N) is 1. The first kappa shape index (κ1) is 17.5. The van der Waals surface area contributed by atoms with E-state index in [2.05, 4.69) is 5.32 Å². The number of carboxylic acids is 1. The summed E-state index contributed by atoms with van der Waals surface area (Å²) in [6.07, 6.45) is -0.189. The Bertz CT molecular complexity index is 549. The van der Waals surface area contributed by atoms with Crippen LogP contribution in [0, 0.1) is 0 Å². The van der Waals surface area contributed by atoms with E-state index in [-0.39, 0.29) is 6.61 Å². The van der Waals surface area contributed by atoms with E-state index in [1.165, 1.54) is 6.07 Å². The first-order valence-corrected chi connectivity index (χ1v) is 6.61. The van der Waals surface area contributed by atoms with Gasteiger partial charge in [0.05, 0.1) is 0 Å². The molecule has 0 aliphatic rings. The molecule has 0 unspecified atom stereocenters. The fourth-order valence-corrected chi connectivity index (χ4v) is 1.48. The van der Waals surface area contributed by atoms with Crippen molar-refractivity contribution >= 4 is 18.3 Å². The summed E-state index contributed by atoms with van der Waals surface area (Å²) in [6.45, 7) is 4.72. The van der Waals surface area contributed by atoms with Crippen LogP contribution in [0.25, 0.3) is 0 Å². The van der Waals surface area contributed by atoms with Gasteiger partial charge < -0.3 is 19.9 Å². The average molecular weight is 309 g/mol. The number of hydrogen-bond acceptors (Lipinski definition) is 5. The Balaban J connectivity index is 2.63. The third kappa shape index (κ3) is 6.25. The molecule has 0 aliphatic heterocycles. The van der Waals surface area contributed by atoms with Crippen molar-refractivity contribution in [3.63, 3.8) is 0 Å². The van der Waals surface area contributed by atoms with Crippen LogP contribution in [0.2, 0.25) is 0 Å². The number of carbonyl (C=O) groups excluding carboxylic acids is 2. The average Bonchev–Trinajstić information content (AvgIpc) is 2.41. The molecule has 0 bridgehead atoms. The van der Waals surface area contributed by atoms with E-state index >= 15 is 0 Å². The quantitative estimate of drug-likeness (QED) is 0.778. The lowest BCUT2D eigenvalue weighted by Crippen LogP contribution is -2.46. The largest absolute Gasteiger partial charge is 0.491 e. The van der Waals surface area contributed by atoms with Gasteiger partial charge in [-0.3, -0.25) is 4.79 Å². The highest BCUT2D eigenvalue weighted by molar-refractivity contribution is 5.80. The SMILES string of the molecule is CC(C)(C)OC(=O)N[C@@H](COc1cccc(C=O)c1)C(=O)O. The summed E-state index contributed by atoms with van der Waals surface area (Å²) >= 11 is 0. The van der Waals surface area contributed by atoms with Crippen molar-refractivity contribution in [1.82, 2.24) is 5.32 Å². The monoisotopic (exact) mass is 309 g/mol. The Morgan fingerprint density at radius 1 is 1.36 bits per heavy atom. The predicted molar refractivity (Wildman–Crippen MR) is 78.1 cm³/mol. The molecule has 1 atom stereocenters. The molecule has 1 aromatic rings. The summed E-state index contributed by atoms with van der Waals surface area (Å²) in [4.78, 5) is 33.4. The second kappa shape index (κ2) is 7.44. The van der Waals surface area contributed by atoms with Gasteiger partial charge >= 0.3 is 12.1 Å². The van der Waals surface area contributed by atoms with Crippen molar-refractivity contribution in [2.45, 2.75) is 32.4 Å². The van der Waals surface area contributed by atoms with Gasteiger partial charge in [0.1, 0.15) is 24.2 Å². The maximum Gasteiger partial charge on any atom is 0.408 e. The lowest BCUT2D eigenvalue weighted by molar-refractivity contribution is -0.140. The van der Waals surface area contributed by atoms with Gasteiger partial charge in [0.25, 0.3) is 0 Å². The van der Waals surface area contributed by atoms with Gasteiger partial charge in [0.2, 0.25) is 0 Å². The normalized spacial score (nSPS) is 12.1. The van der Waals surface area contributed by atoms with E-state index in [0.29, 0.717) is 17.6 Å². The molecule has 0 heterocycles. The fourth-order valence-electron chi connectivity index (χ4n) is 1.48. The number of hydrogen-bond donors (Lipinski definition) is 2. The van der Waals surface area contributed by atoms with E-state index in [4.69, 9.17) is 14.6 Å². The highest BCUT2D eigenvalue weighted by Gasteiger charge is 2.24. The number of carboxylic acid groups (broad SMARTS) is 1. The molecule has 7 heteroatoms. The van der Waals surface area contributed by atoms with Crippen LogP contribution in [0.3, 0.4) is 0 Å². The second-order valence-electron chi connectivity index (χ2n) is 5.54.